The van der Waals surface area contributed by atoms with Crippen molar-refractivity contribution in [1.29, 1.82) is 0 Å². The third-order valence-electron chi connectivity index (χ3n) is 2.37. The number of benzene rings is 1. The van der Waals surface area contributed by atoms with Crippen molar-refractivity contribution in [2.75, 3.05) is 6.54 Å². The number of amides is 1. The van der Waals surface area contributed by atoms with E-state index < -0.39 is 9.05 Å². The molecule has 4 nitrogen and oxygen atoms in total. The lowest BCUT2D eigenvalue weighted by Gasteiger charge is -2.06. The average Bonchev–Trinajstić information content (AvgIpc) is 2.26. The molecule has 0 saturated carbocycles. The Morgan fingerprint density at radius 2 is 1.95 bits per heavy atom. The predicted octanol–water partition coefficient (Wildman–Crippen LogP) is 2.62. The van der Waals surface area contributed by atoms with E-state index in [1.54, 1.807) is 13.0 Å². The zero-order valence-electron chi connectivity index (χ0n) is 11.0. The number of nitrogens with one attached hydrogen (secondary N) is 1. The molecule has 0 heterocycles. The first-order valence-corrected chi connectivity index (χ1v) is 7.99. The number of carbonyl (C=O) groups is 1. The van der Waals surface area contributed by atoms with Crippen LogP contribution in [-0.4, -0.2) is 20.9 Å². The number of hydrogen-bond acceptors (Lipinski definition) is 3. The molecular formula is C13H16ClNO3S. The van der Waals surface area contributed by atoms with Crippen molar-refractivity contribution >= 4 is 25.6 Å². The van der Waals surface area contributed by atoms with E-state index in [1.807, 2.05) is 19.9 Å². The maximum atomic E-state index is 11.9. The van der Waals surface area contributed by atoms with E-state index in [2.05, 4.69) is 5.32 Å². The molecule has 6 heteroatoms. The molecule has 0 bridgehead atoms. The van der Waals surface area contributed by atoms with Gasteiger partial charge in [0.05, 0.1) is 4.90 Å². The van der Waals surface area contributed by atoms with Gasteiger partial charge in [0.25, 0.3) is 15.0 Å². The van der Waals surface area contributed by atoms with Gasteiger partial charge in [-0.05, 0) is 44.5 Å². The molecule has 1 N–H and O–H groups in total. The summed E-state index contributed by atoms with van der Waals surface area (Å²) in [5.41, 5.74) is 2.03. The molecule has 1 aromatic rings. The number of allylic oxidation sites excluding steroid dienone is 1. The van der Waals surface area contributed by atoms with Crippen molar-refractivity contribution in [3.8, 4) is 0 Å². The van der Waals surface area contributed by atoms with Crippen LogP contribution in [0.1, 0.15) is 29.8 Å². The first kappa shape index (κ1) is 15.7. The largest absolute Gasteiger partial charge is 0.349 e. The normalized spacial score (nSPS) is 10.9. The Labute approximate surface area is 117 Å². The zero-order chi connectivity index (χ0) is 14.6. The molecule has 104 valence electrons. The van der Waals surface area contributed by atoms with E-state index in [1.165, 1.54) is 12.1 Å². The number of carbonyl (C=O) groups excluding carboxylic acids is 1. The van der Waals surface area contributed by atoms with Gasteiger partial charge in [0.15, 0.2) is 0 Å². The summed E-state index contributed by atoms with van der Waals surface area (Å²) >= 11 is 0. The molecule has 0 aliphatic heterocycles. The monoisotopic (exact) mass is 301 g/mol. The maximum Gasteiger partial charge on any atom is 0.261 e. The number of rotatable bonds is 4. The van der Waals surface area contributed by atoms with Gasteiger partial charge in [-0.25, -0.2) is 8.42 Å². The van der Waals surface area contributed by atoms with Crippen LogP contribution in [0.25, 0.3) is 0 Å². The van der Waals surface area contributed by atoms with E-state index in [0.717, 1.165) is 5.57 Å². The van der Waals surface area contributed by atoms with Crippen molar-refractivity contribution < 1.29 is 13.2 Å². The van der Waals surface area contributed by atoms with Gasteiger partial charge < -0.3 is 5.32 Å². The minimum atomic E-state index is -3.83. The summed E-state index contributed by atoms with van der Waals surface area (Å²) < 4.78 is 22.6. The zero-order valence-corrected chi connectivity index (χ0v) is 12.6. The first-order chi connectivity index (χ1) is 8.70. The van der Waals surface area contributed by atoms with E-state index in [4.69, 9.17) is 10.7 Å². The lowest BCUT2D eigenvalue weighted by molar-refractivity contribution is 0.0957. The van der Waals surface area contributed by atoms with Crippen LogP contribution in [0, 0.1) is 6.92 Å². The average molecular weight is 302 g/mol. The Morgan fingerprint density at radius 3 is 2.47 bits per heavy atom. The highest BCUT2D eigenvalue weighted by Crippen LogP contribution is 2.18. The van der Waals surface area contributed by atoms with Gasteiger partial charge in [0.2, 0.25) is 0 Å². The summed E-state index contributed by atoms with van der Waals surface area (Å²) in [6, 6.07) is 4.31. The minimum Gasteiger partial charge on any atom is -0.349 e. The second-order valence-electron chi connectivity index (χ2n) is 4.46. The summed E-state index contributed by atoms with van der Waals surface area (Å²) in [7, 11) is 1.45. The highest BCUT2D eigenvalue weighted by molar-refractivity contribution is 8.13. The topological polar surface area (TPSA) is 63.2 Å². The number of aryl methyl sites for hydroxylation is 1. The predicted molar refractivity (Wildman–Crippen MR) is 76.0 cm³/mol. The Bertz CT molecular complexity index is 617. The lowest BCUT2D eigenvalue weighted by atomic mass is 10.1. The highest BCUT2D eigenvalue weighted by atomic mass is 35.7. The molecule has 0 radical (unpaired) electrons. The fourth-order valence-electron chi connectivity index (χ4n) is 1.47. The number of halogens is 1. The summed E-state index contributed by atoms with van der Waals surface area (Å²) in [5, 5.41) is 2.68. The van der Waals surface area contributed by atoms with Crippen LogP contribution in [0.2, 0.25) is 0 Å². The van der Waals surface area contributed by atoms with Gasteiger partial charge in [0.1, 0.15) is 0 Å². The summed E-state index contributed by atoms with van der Waals surface area (Å²) in [6.07, 6.45) is 1.87. The molecule has 0 spiro atoms. The van der Waals surface area contributed by atoms with Gasteiger partial charge in [-0.2, -0.15) is 0 Å². The highest BCUT2D eigenvalue weighted by Gasteiger charge is 2.14. The number of hydrogen-bond donors (Lipinski definition) is 1. The van der Waals surface area contributed by atoms with Gasteiger partial charge in [0, 0.05) is 22.8 Å². The fourth-order valence-corrected chi connectivity index (χ4v) is 2.33. The van der Waals surface area contributed by atoms with Crippen LogP contribution in [0.5, 0.6) is 0 Å². The third kappa shape index (κ3) is 5.04. The van der Waals surface area contributed by atoms with E-state index in [-0.39, 0.29) is 16.4 Å². The molecule has 0 aliphatic carbocycles. The van der Waals surface area contributed by atoms with E-state index in [0.29, 0.717) is 12.1 Å². The summed E-state index contributed by atoms with van der Waals surface area (Å²) in [6.45, 7) is 5.96. The van der Waals surface area contributed by atoms with Crippen LogP contribution in [-0.2, 0) is 9.05 Å². The molecule has 0 unspecified atom stereocenters. The van der Waals surface area contributed by atoms with Crippen molar-refractivity contribution in [3.63, 3.8) is 0 Å². The molecule has 1 aromatic carbocycles. The molecule has 0 fully saturated rings. The van der Waals surface area contributed by atoms with Crippen LogP contribution < -0.4 is 5.32 Å². The van der Waals surface area contributed by atoms with Crippen molar-refractivity contribution in [3.05, 3.63) is 41.0 Å². The van der Waals surface area contributed by atoms with Gasteiger partial charge >= 0.3 is 0 Å². The van der Waals surface area contributed by atoms with Crippen LogP contribution >= 0.6 is 10.7 Å². The molecule has 0 aromatic heterocycles. The van der Waals surface area contributed by atoms with Gasteiger partial charge in [-0.15, -0.1) is 0 Å². The maximum absolute atomic E-state index is 11.9. The summed E-state index contributed by atoms with van der Waals surface area (Å²) in [4.78, 5) is 11.8. The fraction of sp³-hybridized carbons (Fsp3) is 0.308. The van der Waals surface area contributed by atoms with Crippen LogP contribution in [0.3, 0.4) is 0 Å². The SMILES string of the molecule is CC(C)=CCNC(=O)c1cc(C)cc(S(=O)(=O)Cl)c1. The molecule has 0 atom stereocenters. The molecule has 0 aliphatic rings. The molecule has 0 saturated heterocycles. The van der Waals surface area contributed by atoms with Gasteiger partial charge in [-0.1, -0.05) is 11.6 Å². The second kappa shape index (κ2) is 6.21. The van der Waals surface area contributed by atoms with E-state index >= 15 is 0 Å². The molecular weight excluding hydrogens is 286 g/mol. The van der Waals surface area contributed by atoms with Crippen LogP contribution in [0.4, 0.5) is 0 Å². The van der Waals surface area contributed by atoms with Crippen molar-refractivity contribution in [2.45, 2.75) is 25.7 Å². The molecule has 1 amide bonds. The third-order valence-corrected chi connectivity index (χ3v) is 3.70. The van der Waals surface area contributed by atoms with E-state index in [9.17, 15) is 13.2 Å². The quantitative estimate of drug-likeness (QED) is 0.687. The van der Waals surface area contributed by atoms with Crippen molar-refractivity contribution in [2.24, 2.45) is 0 Å². The minimum absolute atomic E-state index is 0.0680. The summed E-state index contributed by atoms with van der Waals surface area (Å²) in [5.74, 6) is -0.331. The Hall–Kier alpha value is -1.33. The van der Waals surface area contributed by atoms with Gasteiger partial charge in [-0.3, -0.25) is 4.79 Å². The van der Waals surface area contributed by atoms with Crippen molar-refractivity contribution in [1.82, 2.24) is 5.32 Å². The van der Waals surface area contributed by atoms with Crippen LogP contribution in [0.15, 0.2) is 34.7 Å². The Morgan fingerprint density at radius 1 is 1.32 bits per heavy atom. The Balaban J connectivity index is 2.98. The second-order valence-corrected chi connectivity index (χ2v) is 7.03. The lowest BCUT2D eigenvalue weighted by Crippen LogP contribution is -2.23. The molecule has 19 heavy (non-hydrogen) atoms. The standard InChI is InChI=1S/C13H16ClNO3S/c1-9(2)4-5-15-13(16)11-6-10(3)7-12(8-11)19(14,17)18/h4,6-8H,5H2,1-3H3,(H,15,16). The molecule has 1 rings (SSSR count). The Kier molecular flexibility index (Phi) is 5.14. The first-order valence-electron chi connectivity index (χ1n) is 5.68. The smallest absolute Gasteiger partial charge is 0.261 e.